The zero-order chi connectivity index (χ0) is 14.2. The number of hydrogen-bond donors (Lipinski definition) is 2. The molecule has 0 spiro atoms. The van der Waals surface area contributed by atoms with E-state index in [4.69, 9.17) is 0 Å². The number of nitrogens with zero attached hydrogens (tertiary/aromatic N) is 2. The van der Waals surface area contributed by atoms with Crippen LogP contribution in [0.15, 0.2) is 54.9 Å². The Bertz CT molecular complexity index is 765. The molecule has 5 nitrogen and oxygen atoms in total. The smallest absolute Gasteiger partial charge is 0.238 e. The maximum Gasteiger partial charge on any atom is 0.238 e. The minimum Gasteiger partial charge on any atom is -0.294 e. The first kappa shape index (κ1) is 11.8. The molecule has 102 valence electrons. The van der Waals surface area contributed by atoms with Gasteiger partial charge >= 0.3 is 0 Å². The van der Waals surface area contributed by atoms with Gasteiger partial charge in [0.1, 0.15) is 6.33 Å². The van der Waals surface area contributed by atoms with Gasteiger partial charge in [0.25, 0.3) is 0 Å². The standard InChI is InChI=1S/C16H12N4O/c21-15(19-16-17-9-18-20-16)14-12-7-3-1-5-10(12)11-6-2-4-8-13(11)14/h1-9,14H,(H2,17,18,19,20,21). The van der Waals surface area contributed by atoms with Crippen LogP contribution in [0.1, 0.15) is 17.0 Å². The largest absolute Gasteiger partial charge is 0.294 e. The number of fused-ring (bicyclic) bond motifs is 3. The molecule has 0 saturated carbocycles. The molecular weight excluding hydrogens is 264 g/mol. The van der Waals surface area contributed by atoms with Crippen molar-refractivity contribution in [2.24, 2.45) is 0 Å². The van der Waals surface area contributed by atoms with Gasteiger partial charge in [0, 0.05) is 0 Å². The molecule has 1 heterocycles. The number of carbonyl (C=O) groups excluding carboxylic acids is 1. The molecule has 21 heavy (non-hydrogen) atoms. The van der Waals surface area contributed by atoms with Crippen molar-refractivity contribution in [3.63, 3.8) is 0 Å². The molecule has 1 amide bonds. The minimum absolute atomic E-state index is 0.107. The van der Waals surface area contributed by atoms with Crippen LogP contribution < -0.4 is 5.32 Å². The molecule has 1 aliphatic carbocycles. The summed E-state index contributed by atoms with van der Waals surface area (Å²) in [5.41, 5.74) is 4.28. The first-order chi connectivity index (χ1) is 10.3. The van der Waals surface area contributed by atoms with Crippen molar-refractivity contribution in [3.05, 3.63) is 66.0 Å². The van der Waals surface area contributed by atoms with Crippen LogP contribution >= 0.6 is 0 Å². The van der Waals surface area contributed by atoms with E-state index >= 15 is 0 Å². The van der Waals surface area contributed by atoms with Crippen molar-refractivity contribution >= 4 is 11.9 Å². The van der Waals surface area contributed by atoms with E-state index in [1.54, 1.807) is 0 Å². The van der Waals surface area contributed by atoms with Gasteiger partial charge in [0.2, 0.25) is 11.9 Å². The second-order valence-electron chi connectivity index (χ2n) is 4.93. The number of benzene rings is 2. The van der Waals surface area contributed by atoms with Gasteiger partial charge in [-0.3, -0.25) is 10.1 Å². The number of carbonyl (C=O) groups is 1. The highest BCUT2D eigenvalue weighted by Gasteiger charge is 2.33. The van der Waals surface area contributed by atoms with Crippen molar-refractivity contribution in [2.75, 3.05) is 5.32 Å². The topological polar surface area (TPSA) is 70.7 Å². The van der Waals surface area contributed by atoms with Gasteiger partial charge in [0.05, 0.1) is 5.92 Å². The molecule has 0 bridgehead atoms. The van der Waals surface area contributed by atoms with Crippen molar-refractivity contribution in [3.8, 4) is 11.1 Å². The molecule has 1 aromatic heterocycles. The highest BCUT2D eigenvalue weighted by atomic mass is 16.2. The fraction of sp³-hybridized carbons (Fsp3) is 0.0625. The van der Waals surface area contributed by atoms with E-state index < -0.39 is 0 Å². The SMILES string of the molecule is O=C(Nc1ncn[nH]1)C1c2ccccc2-c2ccccc21. The third-order valence-electron chi connectivity index (χ3n) is 3.75. The monoisotopic (exact) mass is 276 g/mol. The summed E-state index contributed by atoms with van der Waals surface area (Å²) in [7, 11) is 0. The van der Waals surface area contributed by atoms with Gasteiger partial charge in [-0.1, -0.05) is 48.5 Å². The average molecular weight is 276 g/mol. The number of H-pyrrole nitrogens is 1. The molecule has 3 aromatic rings. The molecule has 0 saturated heterocycles. The average Bonchev–Trinajstić information content (AvgIpc) is 3.12. The summed E-state index contributed by atoms with van der Waals surface area (Å²) in [4.78, 5) is 16.6. The molecule has 1 aliphatic rings. The predicted molar refractivity (Wildman–Crippen MR) is 78.7 cm³/mol. The fourth-order valence-corrected chi connectivity index (χ4v) is 2.89. The van der Waals surface area contributed by atoms with E-state index in [0.717, 1.165) is 22.3 Å². The first-order valence-electron chi connectivity index (χ1n) is 6.69. The Morgan fingerprint density at radius 1 is 1.00 bits per heavy atom. The highest BCUT2D eigenvalue weighted by Crippen LogP contribution is 2.44. The summed E-state index contributed by atoms with van der Waals surface area (Å²) in [6, 6.07) is 16.0. The molecule has 0 radical (unpaired) electrons. The Hall–Kier alpha value is -2.95. The van der Waals surface area contributed by atoms with E-state index in [1.807, 2.05) is 36.4 Å². The summed E-state index contributed by atoms with van der Waals surface area (Å²) in [6.07, 6.45) is 1.37. The number of aromatic amines is 1. The van der Waals surface area contributed by atoms with Crippen LogP contribution in [-0.4, -0.2) is 21.1 Å². The number of amides is 1. The second-order valence-corrected chi connectivity index (χ2v) is 4.93. The Morgan fingerprint density at radius 3 is 2.19 bits per heavy atom. The van der Waals surface area contributed by atoms with E-state index in [1.165, 1.54) is 6.33 Å². The van der Waals surface area contributed by atoms with Gasteiger partial charge < -0.3 is 0 Å². The molecule has 0 aliphatic heterocycles. The van der Waals surface area contributed by atoms with Gasteiger partial charge in [-0.25, -0.2) is 5.10 Å². The molecule has 0 atom stereocenters. The maximum atomic E-state index is 12.6. The number of aromatic nitrogens is 3. The molecule has 4 rings (SSSR count). The predicted octanol–water partition coefficient (Wildman–Crippen LogP) is 2.56. The zero-order valence-electron chi connectivity index (χ0n) is 11.1. The van der Waals surface area contributed by atoms with Crippen LogP contribution in [0.25, 0.3) is 11.1 Å². The summed E-state index contributed by atoms with van der Waals surface area (Å²) >= 11 is 0. The number of rotatable bonds is 2. The normalized spacial score (nSPS) is 12.8. The van der Waals surface area contributed by atoms with Crippen LogP contribution in [0.3, 0.4) is 0 Å². The number of hydrogen-bond acceptors (Lipinski definition) is 3. The lowest BCUT2D eigenvalue weighted by molar-refractivity contribution is -0.116. The van der Waals surface area contributed by atoms with Crippen molar-refractivity contribution in [1.29, 1.82) is 0 Å². The Kier molecular flexibility index (Phi) is 2.57. The number of anilines is 1. The summed E-state index contributed by atoms with van der Waals surface area (Å²) in [5, 5.41) is 9.16. The molecular formula is C16H12N4O. The van der Waals surface area contributed by atoms with Gasteiger partial charge in [-0.15, -0.1) is 0 Å². The van der Waals surface area contributed by atoms with E-state index in [9.17, 15) is 4.79 Å². The van der Waals surface area contributed by atoms with Crippen LogP contribution in [0.4, 0.5) is 5.95 Å². The molecule has 2 aromatic carbocycles. The van der Waals surface area contributed by atoms with Crippen LogP contribution in [0.5, 0.6) is 0 Å². The Labute approximate surface area is 121 Å². The summed E-state index contributed by atoms with van der Waals surface area (Å²) in [6.45, 7) is 0. The quantitative estimate of drug-likeness (QED) is 0.755. The lowest BCUT2D eigenvalue weighted by Crippen LogP contribution is -2.21. The van der Waals surface area contributed by atoms with E-state index in [0.29, 0.717) is 5.95 Å². The van der Waals surface area contributed by atoms with Crippen LogP contribution in [-0.2, 0) is 4.79 Å². The van der Waals surface area contributed by atoms with E-state index in [2.05, 4.69) is 32.6 Å². The van der Waals surface area contributed by atoms with Gasteiger partial charge in [-0.2, -0.15) is 10.1 Å². The minimum atomic E-state index is -0.317. The highest BCUT2D eigenvalue weighted by molar-refractivity contribution is 6.02. The third kappa shape index (κ3) is 1.82. The van der Waals surface area contributed by atoms with Crippen molar-refractivity contribution in [2.45, 2.75) is 5.92 Å². The zero-order valence-corrected chi connectivity index (χ0v) is 11.1. The van der Waals surface area contributed by atoms with Crippen LogP contribution in [0.2, 0.25) is 0 Å². The fourth-order valence-electron chi connectivity index (χ4n) is 2.89. The Morgan fingerprint density at radius 2 is 1.62 bits per heavy atom. The molecule has 0 fully saturated rings. The first-order valence-corrected chi connectivity index (χ1v) is 6.69. The summed E-state index contributed by atoms with van der Waals surface area (Å²) in [5.74, 6) is -0.0616. The third-order valence-corrected chi connectivity index (χ3v) is 3.75. The Balaban J connectivity index is 1.79. The lowest BCUT2D eigenvalue weighted by atomic mass is 9.96. The van der Waals surface area contributed by atoms with Gasteiger partial charge in [-0.05, 0) is 22.3 Å². The molecule has 0 unspecified atom stereocenters. The second kappa shape index (κ2) is 4.56. The van der Waals surface area contributed by atoms with E-state index in [-0.39, 0.29) is 11.8 Å². The van der Waals surface area contributed by atoms with Gasteiger partial charge in [0.15, 0.2) is 0 Å². The van der Waals surface area contributed by atoms with Crippen molar-refractivity contribution < 1.29 is 4.79 Å². The number of nitrogens with one attached hydrogen (secondary N) is 2. The molecule has 2 N–H and O–H groups in total. The van der Waals surface area contributed by atoms with Crippen molar-refractivity contribution in [1.82, 2.24) is 15.2 Å². The maximum absolute atomic E-state index is 12.6. The molecule has 5 heteroatoms. The summed E-state index contributed by atoms with van der Waals surface area (Å²) < 4.78 is 0. The lowest BCUT2D eigenvalue weighted by Gasteiger charge is -2.12. The van der Waals surface area contributed by atoms with Crippen LogP contribution in [0, 0.1) is 0 Å².